The molecule has 0 bridgehead atoms. The van der Waals surface area contributed by atoms with Crippen molar-refractivity contribution < 1.29 is 14.3 Å². The van der Waals surface area contributed by atoms with E-state index in [1.54, 1.807) is 51.5 Å². The fraction of sp³-hybridized carbons (Fsp3) is 0.205. The fourth-order valence-electron chi connectivity index (χ4n) is 5.98. The van der Waals surface area contributed by atoms with Gasteiger partial charge < -0.3 is 24.8 Å². The van der Waals surface area contributed by atoms with Crippen LogP contribution in [0.4, 0.5) is 5.69 Å². The standard InChI is InChI=1S/C39H38N4O5.ClH/c1-25(36-39(46)41-33(38(45)42-36)20-27-8-5-4-6-9-27)28-10-7-11-30(21-28)37(44)40-32-14-12-26(13-15-32)16-18-43-19-17-29-22-34(47-2)35(48-3)23-31(29)24-43;/h4-15,20-23H,16-19,24H2,1-3H3,(H,40,44)(H,41,46)(H,42,45);1H. The highest BCUT2D eigenvalue weighted by Gasteiger charge is 2.19. The summed E-state index contributed by atoms with van der Waals surface area (Å²) in [5.74, 6) is 1.25. The van der Waals surface area contributed by atoms with Crippen LogP contribution < -0.4 is 36.6 Å². The molecule has 0 radical (unpaired) electrons. The van der Waals surface area contributed by atoms with E-state index in [0.29, 0.717) is 22.4 Å². The maximum atomic E-state index is 13.2. The molecule has 4 aromatic carbocycles. The van der Waals surface area contributed by atoms with Gasteiger partial charge in [0, 0.05) is 30.9 Å². The predicted octanol–water partition coefficient (Wildman–Crippen LogP) is 4.40. The molecule has 1 aliphatic rings. The van der Waals surface area contributed by atoms with Gasteiger partial charge in [0.1, 0.15) is 10.7 Å². The number of H-pyrrole nitrogens is 2. The van der Waals surface area contributed by atoms with Gasteiger partial charge in [-0.15, -0.1) is 12.4 Å². The van der Waals surface area contributed by atoms with Crippen LogP contribution in [-0.4, -0.2) is 48.1 Å². The third-order valence-corrected chi connectivity index (χ3v) is 8.73. The lowest BCUT2D eigenvalue weighted by molar-refractivity contribution is 0.102. The van der Waals surface area contributed by atoms with E-state index in [0.717, 1.165) is 49.5 Å². The van der Waals surface area contributed by atoms with E-state index in [1.165, 1.54) is 16.7 Å². The van der Waals surface area contributed by atoms with Crippen molar-refractivity contribution in [3.05, 3.63) is 156 Å². The predicted molar refractivity (Wildman–Crippen MR) is 195 cm³/mol. The topological polar surface area (TPSA) is 117 Å². The van der Waals surface area contributed by atoms with E-state index in [4.69, 9.17) is 9.47 Å². The zero-order valence-corrected chi connectivity index (χ0v) is 28.5. The number of amides is 1. The summed E-state index contributed by atoms with van der Waals surface area (Å²) in [6.07, 6.45) is 3.48. The number of carbonyl (C=O) groups excluding carboxylic acids is 1. The van der Waals surface area contributed by atoms with Crippen LogP contribution in [0.2, 0.25) is 0 Å². The summed E-state index contributed by atoms with van der Waals surface area (Å²) >= 11 is 0. The molecule has 0 aliphatic carbocycles. The Bertz CT molecular complexity index is 2190. The van der Waals surface area contributed by atoms with Gasteiger partial charge in [0.2, 0.25) is 0 Å². The van der Waals surface area contributed by atoms with Crippen LogP contribution in [0.15, 0.2) is 101 Å². The number of nitrogens with zero attached hydrogens (tertiary/aromatic N) is 1. The molecule has 0 fully saturated rings. The molecule has 10 heteroatoms. The van der Waals surface area contributed by atoms with Crippen molar-refractivity contribution in [1.82, 2.24) is 14.9 Å². The van der Waals surface area contributed by atoms with Crippen LogP contribution in [0.3, 0.4) is 0 Å². The first-order valence-electron chi connectivity index (χ1n) is 15.9. The molecule has 0 spiro atoms. The Hall–Kier alpha value is -5.38. The molecule has 6 rings (SSSR count). The van der Waals surface area contributed by atoms with Crippen molar-refractivity contribution >= 4 is 35.7 Å². The summed E-state index contributed by atoms with van der Waals surface area (Å²) in [6, 6.07) is 28.3. The highest BCUT2D eigenvalue weighted by molar-refractivity contribution is 6.04. The number of benzene rings is 4. The van der Waals surface area contributed by atoms with Gasteiger partial charge in [-0.2, -0.15) is 0 Å². The molecule has 3 N–H and O–H groups in total. The first kappa shape index (κ1) is 34.9. The number of hydrogen-bond donors (Lipinski definition) is 3. The number of carbonyl (C=O) groups is 1. The molecule has 1 amide bonds. The van der Waals surface area contributed by atoms with Crippen molar-refractivity contribution in [2.24, 2.45) is 0 Å². The monoisotopic (exact) mass is 678 g/mol. The van der Waals surface area contributed by atoms with Gasteiger partial charge in [-0.1, -0.05) is 54.6 Å². The molecule has 1 aromatic heterocycles. The minimum absolute atomic E-state index is 0. The van der Waals surface area contributed by atoms with Gasteiger partial charge in [0.25, 0.3) is 17.0 Å². The molecular weight excluding hydrogens is 640 g/mol. The molecule has 1 aliphatic heterocycles. The van der Waals surface area contributed by atoms with Crippen LogP contribution in [0.1, 0.15) is 45.1 Å². The Morgan fingerprint density at radius 2 is 1.53 bits per heavy atom. The van der Waals surface area contributed by atoms with E-state index in [9.17, 15) is 14.4 Å². The van der Waals surface area contributed by atoms with Crippen molar-refractivity contribution in [3.63, 3.8) is 0 Å². The second kappa shape index (κ2) is 15.7. The molecule has 5 aromatic rings. The minimum atomic E-state index is -0.421. The number of ether oxygens (including phenoxy) is 2. The van der Waals surface area contributed by atoms with Gasteiger partial charge in [-0.05, 0) is 95.6 Å². The van der Waals surface area contributed by atoms with Gasteiger partial charge in [0.05, 0.1) is 14.2 Å². The highest BCUT2D eigenvalue weighted by atomic mass is 35.5. The van der Waals surface area contributed by atoms with Crippen molar-refractivity contribution in [1.29, 1.82) is 0 Å². The third-order valence-electron chi connectivity index (χ3n) is 8.73. The number of fused-ring (bicyclic) bond motifs is 1. The SMILES string of the molecule is COc1cc2c(cc1OC)CN(CCc1ccc(NC(=O)c3cccc(C(C)=c4[nH]c(=O)c(=Cc5ccccc5)[nH]c4=O)c3)cc1)CC2.Cl. The molecule has 0 unspecified atom stereocenters. The third kappa shape index (κ3) is 8.20. The number of rotatable bonds is 9. The zero-order valence-electron chi connectivity index (χ0n) is 27.7. The van der Waals surface area contributed by atoms with Gasteiger partial charge >= 0.3 is 0 Å². The lowest BCUT2D eigenvalue weighted by atomic mass is 9.98. The second-order valence-corrected chi connectivity index (χ2v) is 11.9. The second-order valence-electron chi connectivity index (χ2n) is 11.9. The number of anilines is 1. The van der Waals surface area contributed by atoms with Crippen LogP contribution >= 0.6 is 12.4 Å². The normalized spacial score (nSPS) is 13.6. The van der Waals surface area contributed by atoms with Crippen molar-refractivity contribution in [3.8, 4) is 11.5 Å². The first-order chi connectivity index (χ1) is 23.3. The molecule has 9 nitrogen and oxygen atoms in total. The summed E-state index contributed by atoms with van der Waals surface area (Å²) in [5.41, 5.74) is 6.05. The largest absolute Gasteiger partial charge is 0.493 e. The zero-order chi connectivity index (χ0) is 33.6. The van der Waals surface area contributed by atoms with Crippen LogP contribution in [-0.2, 0) is 19.4 Å². The molecule has 252 valence electrons. The Balaban J connectivity index is 0.00000468. The summed E-state index contributed by atoms with van der Waals surface area (Å²) in [4.78, 5) is 46.8. The van der Waals surface area contributed by atoms with Gasteiger partial charge in [0.15, 0.2) is 11.5 Å². The highest BCUT2D eigenvalue weighted by Crippen LogP contribution is 2.33. The Labute approximate surface area is 290 Å². The number of methoxy groups -OCH3 is 2. The molecule has 0 saturated carbocycles. The van der Waals surface area contributed by atoms with Crippen LogP contribution in [0.5, 0.6) is 11.5 Å². The smallest absolute Gasteiger partial charge is 0.272 e. The van der Waals surface area contributed by atoms with Crippen molar-refractivity contribution in [2.45, 2.75) is 26.3 Å². The van der Waals surface area contributed by atoms with Crippen LogP contribution in [0.25, 0.3) is 11.6 Å². The maximum absolute atomic E-state index is 13.2. The van der Waals surface area contributed by atoms with E-state index in [2.05, 4.69) is 32.3 Å². The number of aromatic nitrogens is 2. The summed E-state index contributed by atoms with van der Waals surface area (Å²) in [5, 5.41) is 3.28. The number of hydrogen-bond acceptors (Lipinski definition) is 6. The summed E-state index contributed by atoms with van der Waals surface area (Å²) in [7, 11) is 3.32. The summed E-state index contributed by atoms with van der Waals surface area (Å²) < 4.78 is 11.0. The quantitative estimate of drug-likeness (QED) is 0.213. The van der Waals surface area contributed by atoms with Gasteiger partial charge in [-0.25, -0.2) is 0 Å². The molecular formula is C39H39ClN4O5. The van der Waals surface area contributed by atoms with E-state index < -0.39 is 11.1 Å². The number of halogens is 1. The molecule has 0 atom stereocenters. The molecule has 0 saturated heterocycles. The lowest BCUT2D eigenvalue weighted by Gasteiger charge is -2.29. The average Bonchev–Trinajstić information content (AvgIpc) is 3.12. The maximum Gasteiger partial charge on any atom is 0.272 e. The average molecular weight is 679 g/mol. The number of aromatic amines is 2. The fourth-order valence-corrected chi connectivity index (χ4v) is 5.98. The minimum Gasteiger partial charge on any atom is -0.493 e. The van der Waals surface area contributed by atoms with Crippen LogP contribution in [0, 0.1) is 0 Å². The summed E-state index contributed by atoms with van der Waals surface area (Å²) in [6.45, 7) is 4.51. The molecule has 49 heavy (non-hydrogen) atoms. The van der Waals surface area contributed by atoms with Crippen molar-refractivity contribution in [2.75, 3.05) is 32.6 Å². The first-order valence-corrected chi connectivity index (χ1v) is 15.9. The van der Waals surface area contributed by atoms with E-state index in [-0.39, 0.29) is 29.0 Å². The Kier molecular flexibility index (Phi) is 11.2. The van der Waals surface area contributed by atoms with Gasteiger partial charge in [-0.3, -0.25) is 19.3 Å². The Morgan fingerprint density at radius 1 is 0.837 bits per heavy atom. The lowest BCUT2D eigenvalue weighted by Crippen LogP contribution is -2.47. The molecule has 2 heterocycles. The Morgan fingerprint density at radius 3 is 2.24 bits per heavy atom. The van der Waals surface area contributed by atoms with E-state index >= 15 is 0 Å². The van der Waals surface area contributed by atoms with E-state index in [1.807, 2.05) is 54.6 Å². The number of nitrogens with one attached hydrogen (secondary N) is 3.